The molecule has 98 valence electrons. The summed E-state index contributed by atoms with van der Waals surface area (Å²) in [6, 6.07) is -0.414. The summed E-state index contributed by atoms with van der Waals surface area (Å²) in [5, 5.41) is 11.9. The minimum Gasteiger partial charge on any atom is -0.481 e. The molecule has 2 unspecified atom stereocenters. The number of nitrogens with zero attached hydrogens (tertiary/aromatic N) is 2. The van der Waals surface area contributed by atoms with Crippen molar-refractivity contribution in [2.75, 3.05) is 6.54 Å². The van der Waals surface area contributed by atoms with E-state index in [9.17, 15) is 14.7 Å². The predicted molar refractivity (Wildman–Crippen MR) is 67.2 cm³/mol. The van der Waals surface area contributed by atoms with Gasteiger partial charge in [-0.1, -0.05) is 0 Å². The highest BCUT2D eigenvalue weighted by molar-refractivity contribution is 7.09. The van der Waals surface area contributed by atoms with Crippen LogP contribution in [0.3, 0.4) is 0 Å². The van der Waals surface area contributed by atoms with Gasteiger partial charge in [-0.2, -0.15) is 0 Å². The quantitative estimate of drug-likeness (QED) is 0.909. The number of carboxylic acids is 1. The normalized spacial score (nSPS) is 24.9. The highest BCUT2D eigenvalue weighted by Gasteiger charge is 2.39. The molecule has 1 amide bonds. The molecule has 0 aromatic carbocycles. The Bertz CT molecular complexity index is 431. The SMILES string of the molecule is CCN1C(=O)CCCC(C(=O)O)C1c1nccs1. The molecule has 2 atom stereocenters. The number of aliphatic carboxylic acids is 1. The van der Waals surface area contributed by atoms with E-state index in [0.29, 0.717) is 25.8 Å². The lowest BCUT2D eigenvalue weighted by Crippen LogP contribution is -2.38. The van der Waals surface area contributed by atoms with Gasteiger partial charge in [0.15, 0.2) is 0 Å². The molecule has 6 heteroatoms. The summed E-state index contributed by atoms with van der Waals surface area (Å²) < 4.78 is 0. The fraction of sp³-hybridized carbons (Fsp3) is 0.583. The zero-order valence-electron chi connectivity index (χ0n) is 10.2. The zero-order valence-corrected chi connectivity index (χ0v) is 11.0. The van der Waals surface area contributed by atoms with E-state index in [1.807, 2.05) is 12.3 Å². The van der Waals surface area contributed by atoms with Crippen LogP contribution in [0.2, 0.25) is 0 Å². The maximum absolute atomic E-state index is 12.0. The summed E-state index contributed by atoms with van der Waals surface area (Å²) in [4.78, 5) is 29.3. The van der Waals surface area contributed by atoms with E-state index in [1.54, 1.807) is 11.1 Å². The minimum atomic E-state index is -0.844. The van der Waals surface area contributed by atoms with Crippen LogP contribution in [0.25, 0.3) is 0 Å². The zero-order chi connectivity index (χ0) is 13.1. The molecule has 1 aromatic rings. The van der Waals surface area contributed by atoms with Crippen molar-refractivity contribution in [2.24, 2.45) is 5.92 Å². The van der Waals surface area contributed by atoms with Crippen LogP contribution in [0.5, 0.6) is 0 Å². The number of carbonyl (C=O) groups is 2. The van der Waals surface area contributed by atoms with Crippen LogP contribution in [0.1, 0.15) is 37.2 Å². The summed E-state index contributed by atoms with van der Waals surface area (Å²) in [6.45, 7) is 2.40. The highest BCUT2D eigenvalue weighted by atomic mass is 32.1. The number of hydrogen-bond acceptors (Lipinski definition) is 4. The molecule has 1 N–H and O–H groups in total. The van der Waals surface area contributed by atoms with Gasteiger partial charge in [0.1, 0.15) is 5.01 Å². The molecule has 18 heavy (non-hydrogen) atoms. The van der Waals surface area contributed by atoms with E-state index in [0.717, 1.165) is 5.01 Å². The molecule has 1 aromatic heterocycles. The van der Waals surface area contributed by atoms with Crippen molar-refractivity contribution in [1.82, 2.24) is 9.88 Å². The molecule has 0 aliphatic carbocycles. The number of amides is 1. The predicted octanol–water partition coefficient (Wildman–Crippen LogP) is 1.92. The Balaban J connectivity index is 2.40. The van der Waals surface area contributed by atoms with Crippen molar-refractivity contribution in [1.29, 1.82) is 0 Å². The minimum absolute atomic E-state index is 0.0291. The number of carboxylic acid groups (broad SMARTS) is 1. The van der Waals surface area contributed by atoms with E-state index in [2.05, 4.69) is 4.98 Å². The van der Waals surface area contributed by atoms with Crippen molar-refractivity contribution in [3.8, 4) is 0 Å². The number of aromatic nitrogens is 1. The molecule has 5 nitrogen and oxygen atoms in total. The average molecular weight is 268 g/mol. The number of carbonyl (C=O) groups excluding carboxylic acids is 1. The Labute approximate surface area is 109 Å². The van der Waals surface area contributed by atoms with E-state index in [-0.39, 0.29) is 5.91 Å². The molecule has 1 aliphatic heterocycles. The van der Waals surface area contributed by atoms with Crippen molar-refractivity contribution in [2.45, 2.75) is 32.2 Å². The first-order chi connectivity index (χ1) is 8.65. The van der Waals surface area contributed by atoms with Gasteiger partial charge < -0.3 is 10.0 Å². The number of hydrogen-bond donors (Lipinski definition) is 1. The monoisotopic (exact) mass is 268 g/mol. The van der Waals surface area contributed by atoms with Crippen LogP contribution in [0.4, 0.5) is 0 Å². The largest absolute Gasteiger partial charge is 0.481 e. The molecule has 1 fully saturated rings. The van der Waals surface area contributed by atoms with Gasteiger partial charge in [0.05, 0.1) is 12.0 Å². The summed E-state index contributed by atoms with van der Waals surface area (Å²) in [5.41, 5.74) is 0. The van der Waals surface area contributed by atoms with Crippen molar-refractivity contribution in [3.63, 3.8) is 0 Å². The van der Waals surface area contributed by atoms with E-state index >= 15 is 0 Å². The van der Waals surface area contributed by atoms with Crippen LogP contribution < -0.4 is 0 Å². The first kappa shape index (κ1) is 13.0. The lowest BCUT2D eigenvalue weighted by molar-refractivity contribution is -0.146. The Morgan fingerprint density at radius 2 is 2.44 bits per heavy atom. The summed E-state index contributed by atoms with van der Waals surface area (Å²) >= 11 is 1.41. The van der Waals surface area contributed by atoms with Gasteiger partial charge in [-0.05, 0) is 19.8 Å². The van der Waals surface area contributed by atoms with Crippen molar-refractivity contribution < 1.29 is 14.7 Å². The molecular weight excluding hydrogens is 252 g/mol. The first-order valence-corrected chi connectivity index (χ1v) is 6.94. The van der Waals surface area contributed by atoms with E-state index < -0.39 is 17.9 Å². The molecule has 0 radical (unpaired) electrons. The Kier molecular flexibility index (Phi) is 3.96. The summed E-state index contributed by atoms with van der Waals surface area (Å²) in [5.74, 6) is -1.37. The van der Waals surface area contributed by atoms with Crippen molar-refractivity contribution in [3.05, 3.63) is 16.6 Å². The lowest BCUT2D eigenvalue weighted by atomic mass is 9.95. The molecule has 1 saturated heterocycles. The van der Waals surface area contributed by atoms with Gasteiger partial charge in [-0.15, -0.1) is 11.3 Å². The number of rotatable bonds is 3. The Morgan fingerprint density at radius 3 is 3.00 bits per heavy atom. The van der Waals surface area contributed by atoms with Crippen LogP contribution in [-0.4, -0.2) is 33.4 Å². The average Bonchev–Trinajstić information content (AvgIpc) is 2.79. The van der Waals surface area contributed by atoms with Gasteiger partial charge in [-0.25, -0.2) is 4.98 Å². The molecule has 0 bridgehead atoms. The molecule has 0 saturated carbocycles. The maximum Gasteiger partial charge on any atom is 0.309 e. The Morgan fingerprint density at radius 1 is 1.67 bits per heavy atom. The summed E-state index contributed by atoms with van der Waals surface area (Å²) in [7, 11) is 0. The third-order valence-electron chi connectivity index (χ3n) is 3.31. The molecule has 2 heterocycles. The molecule has 1 aliphatic rings. The van der Waals surface area contributed by atoms with Crippen LogP contribution in [0.15, 0.2) is 11.6 Å². The smallest absolute Gasteiger partial charge is 0.309 e. The molecule has 2 rings (SSSR count). The first-order valence-electron chi connectivity index (χ1n) is 6.06. The Hall–Kier alpha value is -1.43. The fourth-order valence-electron chi connectivity index (χ4n) is 2.46. The second-order valence-electron chi connectivity index (χ2n) is 4.33. The second kappa shape index (κ2) is 5.48. The van der Waals surface area contributed by atoms with Crippen LogP contribution >= 0.6 is 11.3 Å². The van der Waals surface area contributed by atoms with Gasteiger partial charge >= 0.3 is 5.97 Å². The number of likely N-dealkylation sites (tertiary alicyclic amines) is 1. The van der Waals surface area contributed by atoms with Crippen molar-refractivity contribution >= 4 is 23.2 Å². The van der Waals surface area contributed by atoms with E-state index in [4.69, 9.17) is 0 Å². The van der Waals surface area contributed by atoms with Crippen LogP contribution in [0, 0.1) is 5.92 Å². The standard InChI is InChI=1S/C12H16N2O3S/c1-2-14-9(15)5-3-4-8(12(16)17)10(14)11-13-6-7-18-11/h6-8,10H,2-5H2,1H3,(H,16,17). The topological polar surface area (TPSA) is 70.5 Å². The lowest BCUT2D eigenvalue weighted by Gasteiger charge is -2.31. The molecule has 0 spiro atoms. The maximum atomic E-state index is 12.0. The highest BCUT2D eigenvalue weighted by Crippen LogP contribution is 2.36. The molecular formula is C12H16N2O3S. The van der Waals surface area contributed by atoms with Gasteiger partial charge in [0, 0.05) is 24.5 Å². The van der Waals surface area contributed by atoms with Gasteiger partial charge in [0.2, 0.25) is 5.91 Å². The second-order valence-corrected chi connectivity index (χ2v) is 5.26. The van der Waals surface area contributed by atoms with Gasteiger partial charge in [-0.3, -0.25) is 9.59 Å². The van der Waals surface area contributed by atoms with Crippen LogP contribution in [-0.2, 0) is 9.59 Å². The van der Waals surface area contributed by atoms with E-state index in [1.165, 1.54) is 11.3 Å². The summed E-state index contributed by atoms with van der Waals surface area (Å²) in [6.07, 6.45) is 3.25. The number of thiazole rings is 1. The fourth-order valence-corrected chi connectivity index (χ4v) is 3.28. The third-order valence-corrected chi connectivity index (χ3v) is 4.15. The third kappa shape index (κ3) is 2.38. The van der Waals surface area contributed by atoms with Gasteiger partial charge in [0.25, 0.3) is 0 Å².